The second-order valence-corrected chi connectivity index (χ2v) is 7.46. The van der Waals surface area contributed by atoms with Crippen LogP contribution >= 0.6 is 0 Å². The Hall–Kier alpha value is -2.02. The lowest BCUT2D eigenvalue weighted by Gasteiger charge is -2.24. The Kier molecular flexibility index (Phi) is 9.90. The molecule has 1 saturated carbocycles. The van der Waals surface area contributed by atoms with E-state index in [1.54, 1.807) is 25.3 Å². The fraction of sp³-hybridized carbons (Fsp3) is 0.714. The first kappa shape index (κ1) is 22.3. The molecule has 1 atom stereocenters. The summed E-state index contributed by atoms with van der Waals surface area (Å²) in [4.78, 5) is 17.9. The standard InChI is InChI=1S/C21H36N4O3/c1-4-27-19(17-8-5-6-9-17)12-14-23-21(24-16-20(26)25(2)3)22-13-11-18-10-7-15-28-18/h7,10,15,17,19H,4-6,8-9,11-14,16H2,1-3H3,(H2,22,23,24). The zero-order valence-electron chi connectivity index (χ0n) is 17.6. The fourth-order valence-corrected chi connectivity index (χ4v) is 3.55. The van der Waals surface area contributed by atoms with Crippen LogP contribution in [0.5, 0.6) is 0 Å². The first-order valence-corrected chi connectivity index (χ1v) is 10.5. The largest absolute Gasteiger partial charge is 0.469 e. The third kappa shape index (κ3) is 7.92. The summed E-state index contributed by atoms with van der Waals surface area (Å²) in [5, 5.41) is 6.66. The number of carbonyl (C=O) groups excluding carboxylic acids is 1. The van der Waals surface area contributed by atoms with Gasteiger partial charge in [0.1, 0.15) is 12.3 Å². The summed E-state index contributed by atoms with van der Waals surface area (Å²) in [7, 11) is 3.48. The molecule has 7 heteroatoms. The number of likely N-dealkylation sites (N-methyl/N-ethyl adjacent to an activating group) is 1. The van der Waals surface area contributed by atoms with E-state index in [1.807, 2.05) is 12.1 Å². The van der Waals surface area contributed by atoms with Gasteiger partial charge in [0.15, 0.2) is 5.96 Å². The molecule has 158 valence electrons. The Morgan fingerprint density at radius 2 is 2.07 bits per heavy atom. The minimum absolute atomic E-state index is 0.0229. The second-order valence-electron chi connectivity index (χ2n) is 7.46. The predicted molar refractivity (Wildman–Crippen MR) is 111 cm³/mol. The Morgan fingerprint density at radius 1 is 1.32 bits per heavy atom. The monoisotopic (exact) mass is 392 g/mol. The molecule has 0 radical (unpaired) electrons. The highest BCUT2D eigenvalue weighted by Gasteiger charge is 2.25. The van der Waals surface area contributed by atoms with Crippen molar-refractivity contribution >= 4 is 11.9 Å². The molecule has 2 N–H and O–H groups in total. The average Bonchev–Trinajstić information content (AvgIpc) is 3.38. The molecule has 0 saturated heterocycles. The van der Waals surface area contributed by atoms with Gasteiger partial charge in [-0.05, 0) is 44.2 Å². The molecule has 0 aliphatic heterocycles. The predicted octanol–water partition coefficient (Wildman–Crippen LogP) is 2.43. The molecule has 1 aromatic rings. The molecular formula is C21H36N4O3. The van der Waals surface area contributed by atoms with Crippen molar-refractivity contribution in [2.75, 3.05) is 40.3 Å². The van der Waals surface area contributed by atoms with Crippen molar-refractivity contribution in [3.05, 3.63) is 24.2 Å². The van der Waals surface area contributed by atoms with Crippen LogP contribution in [0.2, 0.25) is 0 Å². The molecule has 1 aliphatic rings. The molecule has 7 nitrogen and oxygen atoms in total. The highest BCUT2D eigenvalue weighted by molar-refractivity contribution is 5.84. The third-order valence-corrected chi connectivity index (χ3v) is 5.14. The van der Waals surface area contributed by atoms with Crippen LogP contribution < -0.4 is 10.6 Å². The Bertz CT molecular complexity index is 580. The lowest BCUT2D eigenvalue weighted by atomic mass is 9.98. The molecule has 1 aromatic heterocycles. The van der Waals surface area contributed by atoms with Gasteiger partial charge in [-0.2, -0.15) is 0 Å². The van der Waals surface area contributed by atoms with Crippen molar-refractivity contribution in [2.45, 2.75) is 51.6 Å². The number of amides is 1. The molecule has 0 aromatic carbocycles. The van der Waals surface area contributed by atoms with Gasteiger partial charge in [-0.3, -0.25) is 4.79 Å². The lowest BCUT2D eigenvalue weighted by Crippen LogP contribution is -2.41. The summed E-state index contributed by atoms with van der Waals surface area (Å²) in [6.07, 6.45) is 8.85. The van der Waals surface area contributed by atoms with Gasteiger partial charge in [-0.25, -0.2) is 4.99 Å². The minimum atomic E-state index is -0.0229. The fourth-order valence-electron chi connectivity index (χ4n) is 3.55. The molecule has 2 rings (SSSR count). The zero-order chi connectivity index (χ0) is 20.2. The molecule has 1 heterocycles. The molecule has 28 heavy (non-hydrogen) atoms. The van der Waals surface area contributed by atoms with Gasteiger partial charge in [0.25, 0.3) is 0 Å². The van der Waals surface area contributed by atoms with Crippen molar-refractivity contribution in [1.82, 2.24) is 15.5 Å². The number of rotatable bonds is 11. The Morgan fingerprint density at radius 3 is 2.71 bits per heavy atom. The van der Waals surface area contributed by atoms with E-state index in [4.69, 9.17) is 9.15 Å². The first-order valence-electron chi connectivity index (χ1n) is 10.5. The van der Waals surface area contributed by atoms with Gasteiger partial charge >= 0.3 is 0 Å². The Labute approximate surface area is 168 Å². The van der Waals surface area contributed by atoms with Crippen LogP contribution in [-0.2, 0) is 16.0 Å². The summed E-state index contributed by atoms with van der Waals surface area (Å²) in [6.45, 7) is 4.39. The van der Waals surface area contributed by atoms with Crippen LogP contribution in [0.15, 0.2) is 27.8 Å². The zero-order valence-corrected chi connectivity index (χ0v) is 17.6. The van der Waals surface area contributed by atoms with E-state index in [0.29, 0.717) is 24.5 Å². The third-order valence-electron chi connectivity index (χ3n) is 5.14. The number of aliphatic imine (C=N–C) groups is 1. The van der Waals surface area contributed by atoms with Crippen LogP contribution in [0.4, 0.5) is 0 Å². The van der Waals surface area contributed by atoms with E-state index in [0.717, 1.165) is 31.8 Å². The van der Waals surface area contributed by atoms with Crippen molar-refractivity contribution in [3.8, 4) is 0 Å². The Balaban J connectivity index is 1.83. The van der Waals surface area contributed by atoms with Crippen molar-refractivity contribution in [3.63, 3.8) is 0 Å². The van der Waals surface area contributed by atoms with E-state index >= 15 is 0 Å². The first-order chi connectivity index (χ1) is 13.6. The van der Waals surface area contributed by atoms with Gasteiger partial charge in [-0.15, -0.1) is 0 Å². The highest BCUT2D eigenvalue weighted by Crippen LogP contribution is 2.30. The average molecular weight is 393 g/mol. The van der Waals surface area contributed by atoms with E-state index in [9.17, 15) is 4.79 Å². The second kappa shape index (κ2) is 12.4. The quantitative estimate of drug-likeness (QED) is 0.447. The normalized spacial score (nSPS) is 16.2. The van der Waals surface area contributed by atoms with Crippen LogP contribution in [-0.4, -0.2) is 63.2 Å². The number of hydrogen-bond acceptors (Lipinski definition) is 4. The van der Waals surface area contributed by atoms with Gasteiger partial charge in [-0.1, -0.05) is 12.8 Å². The molecular weight excluding hydrogens is 356 g/mol. The van der Waals surface area contributed by atoms with Crippen LogP contribution in [0, 0.1) is 5.92 Å². The number of nitrogens with zero attached hydrogens (tertiary/aromatic N) is 2. The summed E-state index contributed by atoms with van der Waals surface area (Å²) in [5.41, 5.74) is 0. The van der Waals surface area contributed by atoms with Gasteiger partial charge in [0.05, 0.1) is 12.4 Å². The topological polar surface area (TPSA) is 79.1 Å². The lowest BCUT2D eigenvalue weighted by molar-refractivity contribution is -0.127. The number of ether oxygens (including phenoxy) is 1. The number of nitrogens with one attached hydrogen (secondary N) is 2. The summed E-state index contributed by atoms with van der Waals surface area (Å²) in [5.74, 6) is 2.23. The van der Waals surface area contributed by atoms with Crippen LogP contribution in [0.25, 0.3) is 0 Å². The van der Waals surface area contributed by atoms with Crippen molar-refractivity contribution < 1.29 is 13.9 Å². The summed E-state index contributed by atoms with van der Waals surface area (Å²) in [6, 6.07) is 3.84. The molecule has 1 amide bonds. The number of hydrogen-bond donors (Lipinski definition) is 2. The maximum atomic E-state index is 11.9. The minimum Gasteiger partial charge on any atom is -0.469 e. The van der Waals surface area contributed by atoms with Crippen LogP contribution in [0.1, 0.15) is 44.8 Å². The van der Waals surface area contributed by atoms with E-state index in [2.05, 4.69) is 22.5 Å². The van der Waals surface area contributed by atoms with Gasteiger partial charge < -0.3 is 24.7 Å². The number of carbonyl (C=O) groups is 1. The summed E-state index contributed by atoms with van der Waals surface area (Å²) >= 11 is 0. The molecule has 0 spiro atoms. The number of guanidine groups is 1. The van der Waals surface area contributed by atoms with Crippen LogP contribution in [0.3, 0.4) is 0 Å². The molecule has 1 aliphatic carbocycles. The van der Waals surface area contributed by atoms with E-state index in [-0.39, 0.29) is 12.5 Å². The maximum absolute atomic E-state index is 11.9. The molecule has 1 unspecified atom stereocenters. The SMILES string of the molecule is CCOC(CCNC(=NCC(=O)N(C)C)NCCc1ccco1)C1CCCC1. The summed E-state index contributed by atoms with van der Waals surface area (Å²) < 4.78 is 11.4. The van der Waals surface area contributed by atoms with Crippen molar-refractivity contribution in [2.24, 2.45) is 10.9 Å². The number of furan rings is 1. The highest BCUT2D eigenvalue weighted by atomic mass is 16.5. The van der Waals surface area contributed by atoms with E-state index < -0.39 is 0 Å². The van der Waals surface area contributed by atoms with Gasteiger partial charge in [0.2, 0.25) is 5.91 Å². The maximum Gasteiger partial charge on any atom is 0.243 e. The van der Waals surface area contributed by atoms with E-state index in [1.165, 1.54) is 25.7 Å². The molecule has 0 bridgehead atoms. The van der Waals surface area contributed by atoms with Crippen molar-refractivity contribution in [1.29, 1.82) is 0 Å². The molecule has 1 fully saturated rings. The smallest absolute Gasteiger partial charge is 0.243 e. The van der Waals surface area contributed by atoms with Gasteiger partial charge in [0, 0.05) is 40.2 Å².